The van der Waals surface area contributed by atoms with Crippen LogP contribution in [0.5, 0.6) is 0 Å². The zero-order valence-electron chi connectivity index (χ0n) is 10.3. The van der Waals surface area contributed by atoms with Crippen LogP contribution < -0.4 is 0 Å². The maximum absolute atomic E-state index is 6.13. The Kier molecular flexibility index (Phi) is 4.63. The summed E-state index contributed by atoms with van der Waals surface area (Å²) >= 11 is 22.9. The molecule has 0 radical (unpaired) electrons. The maximum atomic E-state index is 6.13. The van der Waals surface area contributed by atoms with Gasteiger partial charge < -0.3 is 0 Å². The highest BCUT2D eigenvalue weighted by Crippen LogP contribution is 2.39. The fourth-order valence-electron chi connectivity index (χ4n) is 2.19. The van der Waals surface area contributed by atoms with E-state index in [0.717, 1.165) is 35.4 Å². The lowest BCUT2D eigenvalue weighted by molar-refractivity contribution is 1.37. The van der Waals surface area contributed by atoms with Crippen molar-refractivity contribution in [3.05, 3.63) is 60.0 Å². The van der Waals surface area contributed by atoms with Crippen molar-refractivity contribution < 1.29 is 0 Å². The van der Waals surface area contributed by atoms with Gasteiger partial charge in [-0.05, 0) is 67.8 Å². The molecule has 106 valence electrons. The number of rotatable bonds is 1. The third-order valence-electron chi connectivity index (χ3n) is 2.99. The molecule has 0 saturated carbocycles. The van der Waals surface area contributed by atoms with Gasteiger partial charge in [0.2, 0.25) is 0 Å². The van der Waals surface area contributed by atoms with Gasteiger partial charge in [-0.15, -0.1) is 0 Å². The van der Waals surface area contributed by atoms with Crippen LogP contribution in [0.2, 0.25) is 10.0 Å². The first kappa shape index (κ1) is 15.8. The number of nitrogens with zero attached hydrogens (tertiary/aromatic N) is 1. The second-order valence-corrected chi connectivity index (χ2v) is 7.92. The molecule has 0 aliphatic rings. The fourth-order valence-corrected chi connectivity index (χ4v) is 4.59. The molecule has 0 aliphatic carbocycles. The molecule has 0 amide bonds. The van der Waals surface area contributed by atoms with Crippen molar-refractivity contribution >= 4 is 81.9 Å². The Hall–Kier alpha value is -0.130. The molecule has 1 aromatic heterocycles. The van der Waals surface area contributed by atoms with E-state index in [1.165, 1.54) is 0 Å². The SMILES string of the molecule is Clc1cc(Cl)cc(-c2c(Br)cnc3c(Br)cc(Br)cc23)c1. The van der Waals surface area contributed by atoms with Crippen LogP contribution >= 0.6 is 71.0 Å². The summed E-state index contributed by atoms with van der Waals surface area (Å²) in [4.78, 5) is 4.47. The summed E-state index contributed by atoms with van der Waals surface area (Å²) in [5, 5.41) is 2.20. The van der Waals surface area contributed by atoms with Crippen molar-refractivity contribution in [2.24, 2.45) is 0 Å². The van der Waals surface area contributed by atoms with E-state index < -0.39 is 0 Å². The third kappa shape index (κ3) is 3.15. The van der Waals surface area contributed by atoms with Gasteiger partial charge in [-0.3, -0.25) is 4.98 Å². The second kappa shape index (κ2) is 6.17. The molecule has 6 heteroatoms. The van der Waals surface area contributed by atoms with E-state index in [0.29, 0.717) is 10.0 Å². The van der Waals surface area contributed by atoms with E-state index in [-0.39, 0.29) is 0 Å². The average molecular weight is 511 g/mol. The van der Waals surface area contributed by atoms with Gasteiger partial charge in [0.15, 0.2) is 0 Å². The summed E-state index contributed by atoms with van der Waals surface area (Å²) in [5.41, 5.74) is 2.83. The molecule has 0 fully saturated rings. The Bertz CT molecular complexity index is 845. The predicted octanol–water partition coefficient (Wildman–Crippen LogP) is 7.50. The summed E-state index contributed by atoms with van der Waals surface area (Å²) in [5.74, 6) is 0. The van der Waals surface area contributed by atoms with Crippen LogP contribution in [0.1, 0.15) is 0 Å². The molecule has 1 heterocycles. The molecule has 0 aliphatic heterocycles. The Labute approximate surface area is 157 Å². The number of aromatic nitrogens is 1. The molecule has 2 aromatic carbocycles. The second-order valence-electron chi connectivity index (χ2n) is 4.42. The Morgan fingerprint density at radius 1 is 0.810 bits per heavy atom. The van der Waals surface area contributed by atoms with Crippen LogP contribution in [0.3, 0.4) is 0 Å². The minimum atomic E-state index is 0.600. The van der Waals surface area contributed by atoms with E-state index in [4.69, 9.17) is 23.2 Å². The Morgan fingerprint density at radius 3 is 2.14 bits per heavy atom. The molecule has 0 bridgehead atoms. The summed E-state index contributed by atoms with van der Waals surface area (Å²) in [6, 6.07) is 9.50. The highest BCUT2D eigenvalue weighted by atomic mass is 79.9. The van der Waals surface area contributed by atoms with Crippen molar-refractivity contribution in [1.29, 1.82) is 0 Å². The summed E-state index contributed by atoms with van der Waals surface area (Å²) in [6.45, 7) is 0. The van der Waals surface area contributed by atoms with Crippen LogP contribution in [0, 0.1) is 0 Å². The molecule has 21 heavy (non-hydrogen) atoms. The molecule has 0 saturated heterocycles. The molecule has 0 atom stereocenters. The lowest BCUT2D eigenvalue weighted by Crippen LogP contribution is -1.89. The standard InChI is InChI=1S/C15H6Br3Cl2N/c16-8-3-11-14(7-1-9(19)5-10(20)2-7)13(18)6-21-15(11)12(17)4-8/h1-6H. The van der Waals surface area contributed by atoms with Crippen LogP contribution in [-0.4, -0.2) is 4.98 Å². The molecule has 1 nitrogen and oxygen atoms in total. The van der Waals surface area contributed by atoms with E-state index >= 15 is 0 Å². The topological polar surface area (TPSA) is 12.9 Å². The summed E-state index contributed by atoms with van der Waals surface area (Å²) < 4.78 is 2.78. The molecular formula is C15H6Br3Cl2N. The third-order valence-corrected chi connectivity index (χ3v) is 5.09. The predicted molar refractivity (Wildman–Crippen MR) is 100 cm³/mol. The van der Waals surface area contributed by atoms with Gasteiger partial charge in [-0.25, -0.2) is 0 Å². The highest BCUT2D eigenvalue weighted by molar-refractivity contribution is 9.11. The van der Waals surface area contributed by atoms with Crippen molar-refractivity contribution in [3.63, 3.8) is 0 Å². The van der Waals surface area contributed by atoms with Gasteiger partial charge in [-0.1, -0.05) is 39.1 Å². The Balaban J connectivity index is 2.43. The smallest absolute Gasteiger partial charge is 0.0851 e. The van der Waals surface area contributed by atoms with Gasteiger partial charge in [0, 0.05) is 40.6 Å². The fraction of sp³-hybridized carbons (Fsp3) is 0. The van der Waals surface area contributed by atoms with Crippen molar-refractivity contribution in [2.45, 2.75) is 0 Å². The van der Waals surface area contributed by atoms with Gasteiger partial charge in [-0.2, -0.15) is 0 Å². The lowest BCUT2D eigenvalue weighted by atomic mass is 10.0. The molecular weight excluding hydrogens is 505 g/mol. The first-order valence-electron chi connectivity index (χ1n) is 5.85. The number of pyridine rings is 1. The Morgan fingerprint density at radius 2 is 1.48 bits per heavy atom. The summed E-state index contributed by atoms with van der Waals surface area (Å²) in [6.07, 6.45) is 1.78. The normalized spacial score (nSPS) is 11.1. The van der Waals surface area contributed by atoms with E-state index in [1.54, 1.807) is 12.3 Å². The minimum Gasteiger partial charge on any atom is -0.254 e. The number of hydrogen-bond acceptors (Lipinski definition) is 1. The van der Waals surface area contributed by atoms with Gasteiger partial charge in [0.05, 0.1) is 5.52 Å². The average Bonchev–Trinajstić information content (AvgIpc) is 2.36. The molecule has 0 unspecified atom stereocenters. The van der Waals surface area contributed by atoms with Crippen LogP contribution in [0.4, 0.5) is 0 Å². The highest BCUT2D eigenvalue weighted by Gasteiger charge is 2.13. The number of fused-ring (bicyclic) bond motifs is 1. The van der Waals surface area contributed by atoms with E-state index in [9.17, 15) is 0 Å². The number of benzene rings is 2. The molecule has 3 rings (SSSR count). The zero-order valence-corrected chi connectivity index (χ0v) is 16.6. The van der Waals surface area contributed by atoms with Crippen LogP contribution in [-0.2, 0) is 0 Å². The number of hydrogen-bond donors (Lipinski definition) is 0. The van der Waals surface area contributed by atoms with Crippen LogP contribution in [0.15, 0.2) is 49.9 Å². The van der Waals surface area contributed by atoms with Crippen molar-refractivity contribution in [1.82, 2.24) is 4.98 Å². The first-order valence-corrected chi connectivity index (χ1v) is 8.99. The number of halogens is 5. The van der Waals surface area contributed by atoms with E-state index in [2.05, 4.69) is 52.8 Å². The largest absolute Gasteiger partial charge is 0.254 e. The van der Waals surface area contributed by atoms with Crippen molar-refractivity contribution in [3.8, 4) is 11.1 Å². The molecule has 0 N–H and O–H groups in total. The zero-order chi connectivity index (χ0) is 15.1. The molecule has 0 spiro atoms. The van der Waals surface area contributed by atoms with Gasteiger partial charge in [0.25, 0.3) is 0 Å². The maximum Gasteiger partial charge on any atom is 0.0851 e. The minimum absolute atomic E-state index is 0.600. The summed E-state index contributed by atoms with van der Waals surface area (Å²) in [7, 11) is 0. The van der Waals surface area contributed by atoms with Gasteiger partial charge >= 0.3 is 0 Å². The van der Waals surface area contributed by atoms with Gasteiger partial charge in [0.1, 0.15) is 0 Å². The monoisotopic (exact) mass is 507 g/mol. The first-order chi connectivity index (χ1) is 9.95. The van der Waals surface area contributed by atoms with E-state index in [1.807, 2.05) is 24.3 Å². The van der Waals surface area contributed by atoms with Crippen LogP contribution in [0.25, 0.3) is 22.0 Å². The molecule has 3 aromatic rings. The lowest BCUT2D eigenvalue weighted by Gasteiger charge is -2.11. The van der Waals surface area contributed by atoms with Crippen molar-refractivity contribution in [2.75, 3.05) is 0 Å². The quantitative estimate of drug-likeness (QED) is 0.330.